The molecule has 1 aromatic rings. The first-order valence-electron chi connectivity index (χ1n) is 5.09. The van der Waals surface area contributed by atoms with Gasteiger partial charge in [-0.2, -0.15) is 11.8 Å². The highest BCUT2D eigenvalue weighted by Gasteiger charge is 2.17. The van der Waals surface area contributed by atoms with Crippen molar-refractivity contribution in [2.24, 2.45) is 5.84 Å². The highest BCUT2D eigenvalue weighted by molar-refractivity contribution is 8.00. The molecule has 5 heteroatoms. The van der Waals surface area contributed by atoms with Crippen LogP contribution in [-0.4, -0.2) is 29.1 Å². The Morgan fingerprint density at radius 2 is 2.53 bits per heavy atom. The molecule has 1 saturated heterocycles. The Morgan fingerprint density at radius 3 is 3.27 bits per heavy atom. The van der Waals surface area contributed by atoms with Crippen LogP contribution in [0.15, 0.2) is 18.3 Å². The number of nitrogens with zero attached hydrogens (tertiary/aromatic N) is 2. The van der Waals surface area contributed by atoms with Gasteiger partial charge in [0, 0.05) is 42.0 Å². The zero-order chi connectivity index (χ0) is 10.7. The van der Waals surface area contributed by atoms with E-state index in [1.165, 1.54) is 11.4 Å². The molecular formula is C10H16N4S. The van der Waals surface area contributed by atoms with Crippen LogP contribution in [0.3, 0.4) is 0 Å². The topological polar surface area (TPSA) is 54.2 Å². The molecular weight excluding hydrogens is 208 g/mol. The van der Waals surface area contributed by atoms with Gasteiger partial charge < -0.3 is 10.3 Å². The maximum atomic E-state index is 5.34. The summed E-state index contributed by atoms with van der Waals surface area (Å²) >= 11 is 2.03. The molecule has 0 radical (unpaired) electrons. The van der Waals surface area contributed by atoms with E-state index >= 15 is 0 Å². The number of hydrogen-bond donors (Lipinski definition) is 2. The fourth-order valence-corrected chi connectivity index (χ4v) is 2.76. The molecule has 0 saturated carbocycles. The number of nitrogens with two attached hydrogens (primary N) is 1. The van der Waals surface area contributed by atoms with Crippen molar-refractivity contribution in [1.82, 2.24) is 4.98 Å². The minimum atomic E-state index is 0.696. The lowest BCUT2D eigenvalue weighted by Crippen LogP contribution is -2.36. The van der Waals surface area contributed by atoms with Crippen molar-refractivity contribution in [3.05, 3.63) is 18.3 Å². The first-order valence-corrected chi connectivity index (χ1v) is 6.13. The van der Waals surface area contributed by atoms with Gasteiger partial charge >= 0.3 is 0 Å². The Labute approximate surface area is 94.2 Å². The van der Waals surface area contributed by atoms with Gasteiger partial charge in [0.05, 0.1) is 0 Å². The summed E-state index contributed by atoms with van der Waals surface area (Å²) in [4.78, 5) is 6.48. The Hall–Kier alpha value is -0.940. The second kappa shape index (κ2) is 4.72. The molecule has 0 bridgehead atoms. The molecule has 1 aliphatic heterocycles. The lowest BCUT2D eigenvalue weighted by molar-refractivity contribution is 0.782. The predicted octanol–water partition coefficient (Wildman–Crippen LogP) is 1.31. The summed E-state index contributed by atoms with van der Waals surface area (Å²) in [5, 5.41) is 0.696. The number of hydrazine groups is 1. The fourth-order valence-electron chi connectivity index (χ4n) is 1.75. The maximum Gasteiger partial charge on any atom is 0.141 e. The average molecular weight is 224 g/mol. The molecule has 82 valence electrons. The lowest BCUT2D eigenvalue weighted by atomic mass is 10.3. The van der Waals surface area contributed by atoms with Crippen LogP contribution in [-0.2, 0) is 0 Å². The Balaban J connectivity index is 2.13. The summed E-state index contributed by atoms with van der Waals surface area (Å²) in [7, 11) is 0. The molecule has 4 nitrogen and oxygen atoms in total. The van der Waals surface area contributed by atoms with Crippen LogP contribution in [0.5, 0.6) is 0 Å². The Bertz CT molecular complexity index is 331. The third kappa shape index (κ3) is 2.54. The van der Waals surface area contributed by atoms with Gasteiger partial charge in [-0.1, -0.05) is 6.92 Å². The van der Waals surface area contributed by atoms with E-state index in [2.05, 4.69) is 22.2 Å². The molecule has 0 aliphatic carbocycles. The van der Waals surface area contributed by atoms with Gasteiger partial charge in [-0.05, 0) is 6.07 Å². The van der Waals surface area contributed by atoms with E-state index in [4.69, 9.17) is 5.84 Å². The van der Waals surface area contributed by atoms with Gasteiger partial charge in [0.1, 0.15) is 5.82 Å². The molecule has 2 rings (SSSR count). The monoisotopic (exact) mass is 224 g/mol. The average Bonchev–Trinajstić information content (AvgIpc) is 2.29. The quantitative estimate of drug-likeness (QED) is 0.586. The van der Waals surface area contributed by atoms with Crippen LogP contribution in [0, 0.1) is 0 Å². The molecule has 1 unspecified atom stereocenters. The molecule has 0 spiro atoms. The van der Waals surface area contributed by atoms with Gasteiger partial charge in [-0.3, -0.25) is 0 Å². The van der Waals surface area contributed by atoms with Crippen LogP contribution >= 0.6 is 11.8 Å². The predicted molar refractivity (Wildman–Crippen MR) is 66.2 cm³/mol. The molecule has 3 N–H and O–H groups in total. The minimum Gasteiger partial charge on any atom is -0.369 e. The smallest absolute Gasteiger partial charge is 0.141 e. The summed E-state index contributed by atoms with van der Waals surface area (Å²) in [5.74, 6) is 7.25. The van der Waals surface area contributed by atoms with Crippen molar-refractivity contribution in [1.29, 1.82) is 0 Å². The molecule has 0 amide bonds. The summed E-state index contributed by atoms with van der Waals surface area (Å²) in [6, 6.07) is 4.02. The first kappa shape index (κ1) is 10.6. The zero-order valence-corrected chi connectivity index (χ0v) is 9.63. The number of thioether (sulfide) groups is 1. The van der Waals surface area contributed by atoms with E-state index in [-0.39, 0.29) is 0 Å². The van der Waals surface area contributed by atoms with Gasteiger partial charge in [0.25, 0.3) is 0 Å². The van der Waals surface area contributed by atoms with Gasteiger partial charge in [0.2, 0.25) is 0 Å². The molecule has 1 atom stereocenters. The number of rotatable bonds is 2. The standard InChI is InChI=1S/C10H16N4S/c1-8-7-14(4-5-15-8)9-2-3-12-10(6-9)13-11/h2-3,6,8H,4-5,7,11H2,1H3,(H,12,13). The number of anilines is 2. The fraction of sp³-hybridized carbons (Fsp3) is 0.500. The van der Waals surface area contributed by atoms with Crippen molar-refractivity contribution in [2.75, 3.05) is 29.2 Å². The summed E-state index contributed by atoms with van der Waals surface area (Å²) in [6.07, 6.45) is 1.79. The summed E-state index contributed by atoms with van der Waals surface area (Å²) in [6.45, 7) is 4.46. The second-order valence-corrected chi connectivity index (χ2v) is 5.22. The highest BCUT2D eigenvalue weighted by Crippen LogP contribution is 2.24. The van der Waals surface area contributed by atoms with Crippen LogP contribution < -0.4 is 16.2 Å². The third-order valence-corrected chi connectivity index (χ3v) is 3.63. The van der Waals surface area contributed by atoms with Gasteiger partial charge in [0.15, 0.2) is 0 Å². The minimum absolute atomic E-state index is 0.696. The van der Waals surface area contributed by atoms with Crippen LogP contribution in [0.4, 0.5) is 11.5 Å². The molecule has 1 fully saturated rings. The number of pyridine rings is 1. The van der Waals surface area contributed by atoms with Gasteiger partial charge in [-0.25, -0.2) is 10.8 Å². The second-order valence-electron chi connectivity index (χ2n) is 3.67. The number of aromatic nitrogens is 1. The number of nitrogen functional groups attached to an aromatic ring is 1. The first-order chi connectivity index (χ1) is 7.29. The summed E-state index contributed by atoms with van der Waals surface area (Å²) < 4.78 is 0. The van der Waals surface area contributed by atoms with E-state index < -0.39 is 0 Å². The summed E-state index contributed by atoms with van der Waals surface area (Å²) in [5.41, 5.74) is 3.77. The van der Waals surface area contributed by atoms with E-state index in [0.717, 1.165) is 18.9 Å². The van der Waals surface area contributed by atoms with E-state index in [0.29, 0.717) is 5.25 Å². The Kier molecular flexibility index (Phi) is 3.33. The van der Waals surface area contributed by atoms with E-state index in [9.17, 15) is 0 Å². The van der Waals surface area contributed by atoms with Crippen molar-refractivity contribution >= 4 is 23.3 Å². The van der Waals surface area contributed by atoms with Crippen molar-refractivity contribution < 1.29 is 0 Å². The molecule has 1 aromatic heterocycles. The van der Waals surface area contributed by atoms with E-state index in [1.54, 1.807) is 6.20 Å². The number of nitrogens with one attached hydrogen (secondary N) is 1. The lowest BCUT2D eigenvalue weighted by Gasteiger charge is -2.32. The zero-order valence-electron chi connectivity index (χ0n) is 8.81. The van der Waals surface area contributed by atoms with Gasteiger partial charge in [-0.15, -0.1) is 0 Å². The molecule has 2 heterocycles. The van der Waals surface area contributed by atoms with Crippen LogP contribution in [0.25, 0.3) is 0 Å². The molecule has 1 aliphatic rings. The van der Waals surface area contributed by atoms with E-state index in [1.807, 2.05) is 23.9 Å². The van der Waals surface area contributed by atoms with Crippen LogP contribution in [0.2, 0.25) is 0 Å². The van der Waals surface area contributed by atoms with Crippen molar-refractivity contribution in [2.45, 2.75) is 12.2 Å². The van der Waals surface area contributed by atoms with Crippen molar-refractivity contribution in [3.63, 3.8) is 0 Å². The number of hydrogen-bond acceptors (Lipinski definition) is 5. The molecule has 0 aromatic carbocycles. The highest BCUT2D eigenvalue weighted by atomic mass is 32.2. The Morgan fingerprint density at radius 1 is 1.67 bits per heavy atom. The normalized spacial score (nSPS) is 21.5. The maximum absolute atomic E-state index is 5.34. The molecule has 15 heavy (non-hydrogen) atoms. The third-order valence-electron chi connectivity index (χ3n) is 2.50. The SMILES string of the molecule is CC1CN(c2ccnc(NN)c2)CCS1. The van der Waals surface area contributed by atoms with Crippen molar-refractivity contribution in [3.8, 4) is 0 Å². The van der Waals surface area contributed by atoms with Crippen LogP contribution in [0.1, 0.15) is 6.92 Å². The largest absolute Gasteiger partial charge is 0.369 e.